The second-order valence-electron chi connectivity index (χ2n) is 7.11. The number of aromatic hydroxyl groups is 1. The van der Waals surface area contributed by atoms with Gasteiger partial charge in [-0.2, -0.15) is 0 Å². The lowest BCUT2D eigenvalue weighted by Crippen LogP contribution is -2.07. The predicted octanol–water partition coefficient (Wildman–Crippen LogP) is 4.72. The Labute approximate surface area is 176 Å². The molecule has 0 spiro atoms. The van der Waals surface area contributed by atoms with Gasteiger partial charge < -0.3 is 19.3 Å². The molecule has 3 aromatic rings. The maximum Gasteiger partial charge on any atom is 0.309 e. The standard InChI is InChI=1S/C24H27NO5/c1-4-5-10-29-24-16(2)22(25-21-9-7-6-8-20(21)24)15-30-19-12-17(11-18(26)14-19)13-23(27)28-3/h6-9,11-12,14,26H,4-5,10,13,15H2,1-3H3. The third-order valence-corrected chi connectivity index (χ3v) is 4.82. The fraction of sp³-hybridized carbons (Fsp3) is 0.333. The van der Waals surface area contributed by atoms with E-state index < -0.39 is 0 Å². The highest BCUT2D eigenvalue weighted by molar-refractivity contribution is 5.86. The number of hydrogen-bond donors (Lipinski definition) is 1. The molecule has 0 unspecified atom stereocenters. The number of nitrogens with zero attached hydrogens (tertiary/aromatic N) is 1. The van der Waals surface area contributed by atoms with Crippen LogP contribution in [0.25, 0.3) is 10.9 Å². The number of pyridine rings is 1. The van der Waals surface area contributed by atoms with Crippen LogP contribution in [0.2, 0.25) is 0 Å². The third kappa shape index (κ3) is 5.20. The molecule has 0 aliphatic carbocycles. The van der Waals surface area contributed by atoms with Crippen molar-refractivity contribution in [3.05, 3.63) is 59.3 Å². The largest absolute Gasteiger partial charge is 0.508 e. The molecule has 0 atom stereocenters. The third-order valence-electron chi connectivity index (χ3n) is 4.82. The van der Waals surface area contributed by atoms with E-state index in [2.05, 4.69) is 11.7 Å². The van der Waals surface area contributed by atoms with Crippen LogP contribution in [0.5, 0.6) is 17.2 Å². The Bertz CT molecular complexity index is 1030. The average molecular weight is 409 g/mol. The highest BCUT2D eigenvalue weighted by Gasteiger charge is 2.14. The molecule has 2 aromatic carbocycles. The van der Waals surface area contributed by atoms with Crippen LogP contribution in [0, 0.1) is 6.92 Å². The topological polar surface area (TPSA) is 77.9 Å². The van der Waals surface area contributed by atoms with E-state index in [9.17, 15) is 9.90 Å². The number of phenolic OH excluding ortho intramolecular Hbond substituents is 1. The number of carbonyl (C=O) groups is 1. The van der Waals surface area contributed by atoms with Gasteiger partial charge in [0.05, 0.1) is 31.3 Å². The lowest BCUT2D eigenvalue weighted by molar-refractivity contribution is -0.139. The van der Waals surface area contributed by atoms with Gasteiger partial charge in [-0.25, -0.2) is 4.98 Å². The Balaban J connectivity index is 1.85. The molecule has 6 heteroatoms. The Hall–Kier alpha value is -3.28. The highest BCUT2D eigenvalue weighted by Crippen LogP contribution is 2.31. The number of unbranched alkanes of at least 4 members (excludes halogenated alkanes) is 1. The molecule has 0 bridgehead atoms. The molecule has 6 nitrogen and oxygen atoms in total. The summed E-state index contributed by atoms with van der Waals surface area (Å²) in [6.07, 6.45) is 2.10. The molecule has 0 aliphatic heterocycles. The van der Waals surface area contributed by atoms with Gasteiger partial charge >= 0.3 is 5.97 Å². The molecular formula is C24H27NO5. The molecule has 0 aliphatic rings. The second-order valence-corrected chi connectivity index (χ2v) is 7.11. The second kappa shape index (κ2) is 9.96. The molecule has 1 aromatic heterocycles. The Kier molecular flexibility index (Phi) is 7.12. The number of hydrogen-bond acceptors (Lipinski definition) is 6. The molecule has 1 heterocycles. The monoisotopic (exact) mass is 409 g/mol. The Morgan fingerprint density at radius 3 is 2.70 bits per heavy atom. The van der Waals surface area contributed by atoms with Gasteiger partial charge in [0, 0.05) is 17.0 Å². The van der Waals surface area contributed by atoms with Gasteiger partial charge in [-0.3, -0.25) is 4.79 Å². The van der Waals surface area contributed by atoms with E-state index in [1.807, 2.05) is 31.2 Å². The van der Waals surface area contributed by atoms with E-state index in [0.29, 0.717) is 17.9 Å². The molecule has 0 amide bonds. The van der Waals surface area contributed by atoms with Crippen molar-refractivity contribution in [2.45, 2.75) is 39.7 Å². The fourth-order valence-electron chi connectivity index (χ4n) is 3.19. The van der Waals surface area contributed by atoms with Crippen LogP contribution in [0.15, 0.2) is 42.5 Å². The smallest absolute Gasteiger partial charge is 0.309 e. The Morgan fingerprint density at radius 1 is 1.13 bits per heavy atom. The molecular weight excluding hydrogens is 382 g/mol. The number of benzene rings is 2. The number of para-hydroxylation sites is 1. The number of aromatic nitrogens is 1. The van der Waals surface area contributed by atoms with Gasteiger partial charge in [-0.15, -0.1) is 0 Å². The minimum atomic E-state index is -0.382. The van der Waals surface area contributed by atoms with E-state index in [4.69, 9.17) is 14.5 Å². The van der Waals surface area contributed by atoms with E-state index in [1.54, 1.807) is 6.07 Å². The van der Waals surface area contributed by atoms with Crippen LogP contribution in [0.1, 0.15) is 36.6 Å². The van der Waals surface area contributed by atoms with Crippen molar-refractivity contribution in [2.75, 3.05) is 13.7 Å². The van der Waals surface area contributed by atoms with Crippen molar-refractivity contribution in [1.29, 1.82) is 0 Å². The van der Waals surface area contributed by atoms with Crippen LogP contribution >= 0.6 is 0 Å². The molecule has 0 saturated carbocycles. The molecule has 158 valence electrons. The number of phenols is 1. The minimum absolute atomic E-state index is 0.0261. The summed E-state index contributed by atoms with van der Waals surface area (Å²) in [6.45, 7) is 4.96. The molecule has 1 N–H and O–H groups in total. The summed E-state index contributed by atoms with van der Waals surface area (Å²) in [5, 5.41) is 10.9. The average Bonchev–Trinajstić information content (AvgIpc) is 2.73. The molecule has 3 rings (SSSR count). The first kappa shape index (κ1) is 21.4. The normalized spacial score (nSPS) is 10.8. The van der Waals surface area contributed by atoms with Gasteiger partial charge in [-0.05, 0) is 43.2 Å². The van der Waals surface area contributed by atoms with Crippen molar-refractivity contribution < 1.29 is 24.1 Å². The lowest BCUT2D eigenvalue weighted by Gasteiger charge is -2.16. The first-order valence-corrected chi connectivity index (χ1v) is 10.1. The number of rotatable bonds is 9. The van der Waals surface area contributed by atoms with E-state index in [-0.39, 0.29) is 24.7 Å². The summed E-state index contributed by atoms with van der Waals surface area (Å²) in [4.78, 5) is 16.3. The maximum atomic E-state index is 11.5. The summed E-state index contributed by atoms with van der Waals surface area (Å²) >= 11 is 0. The summed E-state index contributed by atoms with van der Waals surface area (Å²) in [5.41, 5.74) is 3.15. The van der Waals surface area contributed by atoms with Gasteiger partial charge in [0.25, 0.3) is 0 Å². The molecule has 0 fully saturated rings. The zero-order valence-corrected chi connectivity index (χ0v) is 17.6. The molecule has 0 saturated heterocycles. The summed E-state index contributed by atoms with van der Waals surface area (Å²) < 4.78 is 16.7. The van der Waals surface area contributed by atoms with E-state index >= 15 is 0 Å². The van der Waals surface area contributed by atoms with Gasteiger partial charge in [0.15, 0.2) is 0 Å². The van der Waals surface area contributed by atoms with Crippen molar-refractivity contribution in [2.24, 2.45) is 0 Å². The van der Waals surface area contributed by atoms with Gasteiger partial charge in [0.1, 0.15) is 23.9 Å². The quantitative estimate of drug-likeness (QED) is 0.407. The molecule has 0 radical (unpaired) electrons. The number of ether oxygens (including phenoxy) is 3. The lowest BCUT2D eigenvalue weighted by atomic mass is 10.1. The minimum Gasteiger partial charge on any atom is -0.508 e. The van der Waals surface area contributed by atoms with Crippen molar-refractivity contribution in [3.63, 3.8) is 0 Å². The Morgan fingerprint density at radius 2 is 1.93 bits per heavy atom. The summed E-state index contributed by atoms with van der Waals surface area (Å²) in [6, 6.07) is 12.6. The van der Waals surface area contributed by atoms with Crippen LogP contribution in [0.3, 0.4) is 0 Å². The van der Waals surface area contributed by atoms with Gasteiger partial charge in [0.2, 0.25) is 0 Å². The first-order chi connectivity index (χ1) is 14.5. The zero-order chi connectivity index (χ0) is 21.5. The molecule has 30 heavy (non-hydrogen) atoms. The van der Waals surface area contributed by atoms with Crippen molar-refractivity contribution >= 4 is 16.9 Å². The van der Waals surface area contributed by atoms with Crippen LogP contribution in [-0.4, -0.2) is 29.8 Å². The van der Waals surface area contributed by atoms with Crippen LogP contribution in [0.4, 0.5) is 0 Å². The zero-order valence-electron chi connectivity index (χ0n) is 17.6. The number of methoxy groups -OCH3 is 1. The first-order valence-electron chi connectivity index (χ1n) is 10.1. The summed E-state index contributed by atoms with van der Waals surface area (Å²) in [7, 11) is 1.33. The summed E-state index contributed by atoms with van der Waals surface area (Å²) in [5.74, 6) is 0.928. The van der Waals surface area contributed by atoms with E-state index in [1.165, 1.54) is 19.2 Å². The highest BCUT2D eigenvalue weighted by atomic mass is 16.5. The number of carbonyl (C=O) groups excluding carboxylic acids is 1. The van der Waals surface area contributed by atoms with Crippen LogP contribution in [-0.2, 0) is 22.6 Å². The number of fused-ring (bicyclic) bond motifs is 1. The number of esters is 1. The van der Waals surface area contributed by atoms with Crippen LogP contribution < -0.4 is 9.47 Å². The fourth-order valence-corrected chi connectivity index (χ4v) is 3.19. The van der Waals surface area contributed by atoms with Crippen molar-refractivity contribution in [3.8, 4) is 17.2 Å². The van der Waals surface area contributed by atoms with Gasteiger partial charge in [-0.1, -0.05) is 25.5 Å². The maximum absolute atomic E-state index is 11.5. The SMILES string of the molecule is CCCCOc1c(C)c(COc2cc(O)cc(CC(=O)OC)c2)nc2ccccc12. The predicted molar refractivity (Wildman–Crippen MR) is 115 cm³/mol. The van der Waals surface area contributed by atoms with Crippen molar-refractivity contribution in [1.82, 2.24) is 4.98 Å². The van der Waals surface area contributed by atoms with E-state index in [0.717, 1.165) is 40.8 Å².